The van der Waals surface area contributed by atoms with Gasteiger partial charge in [0.05, 0.1) is 13.2 Å². The zero-order chi connectivity index (χ0) is 12.8. The van der Waals surface area contributed by atoms with Gasteiger partial charge in [-0.3, -0.25) is 0 Å². The van der Waals surface area contributed by atoms with Crippen molar-refractivity contribution in [2.45, 2.75) is 38.4 Å². The van der Waals surface area contributed by atoms with Gasteiger partial charge in [0.15, 0.2) is 11.5 Å². The van der Waals surface area contributed by atoms with Crippen LogP contribution in [-0.4, -0.2) is 18.0 Å². The van der Waals surface area contributed by atoms with E-state index in [1.54, 1.807) is 0 Å². The van der Waals surface area contributed by atoms with Crippen LogP contribution in [0.25, 0.3) is 0 Å². The standard InChI is InChI=1S/C14H21BrO2/c1-5-16-13-8-7-12(10(3)11(4)15)9-14(13)17-6-2/h7-11H,5-6H2,1-4H3. The van der Waals surface area contributed by atoms with Crippen LogP contribution < -0.4 is 9.47 Å². The summed E-state index contributed by atoms with van der Waals surface area (Å²) in [5, 5.41) is 0. The number of halogens is 1. The van der Waals surface area contributed by atoms with Crippen LogP contribution in [0.2, 0.25) is 0 Å². The lowest BCUT2D eigenvalue weighted by atomic mass is 9.98. The lowest BCUT2D eigenvalue weighted by Gasteiger charge is -2.17. The van der Waals surface area contributed by atoms with Crippen molar-refractivity contribution < 1.29 is 9.47 Å². The maximum atomic E-state index is 5.62. The van der Waals surface area contributed by atoms with E-state index >= 15 is 0 Å². The van der Waals surface area contributed by atoms with Crippen LogP contribution in [0.5, 0.6) is 11.5 Å². The van der Waals surface area contributed by atoms with E-state index in [0.717, 1.165) is 11.5 Å². The molecule has 1 aromatic carbocycles. The third kappa shape index (κ3) is 3.91. The van der Waals surface area contributed by atoms with Gasteiger partial charge in [-0.1, -0.05) is 35.8 Å². The van der Waals surface area contributed by atoms with Crippen LogP contribution in [0.15, 0.2) is 18.2 Å². The molecule has 0 aliphatic rings. The minimum Gasteiger partial charge on any atom is -0.490 e. The fraction of sp³-hybridized carbons (Fsp3) is 0.571. The van der Waals surface area contributed by atoms with Gasteiger partial charge in [0.25, 0.3) is 0 Å². The summed E-state index contributed by atoms with van der Waals surface area (Å²) >= 11 is 3.62. The number of ether oxygens (including phenoxy) is 2. The SMILES string of the molecule is CCOc1ccc(C(C)C(C)Br)cc1OCC. The van der Waals surface area contributed by atoms with Crippen LogP contribution in [-0.2, 0) is 0 Å². The molecule has 96 valence electrons. The fourth-order valence-corrected chi connectivity index (χ4v) is 1.92. The molecule has 0 saturated carbocycles. The Labute approximate surface area is 112 Å². The van der Waals surface area contributed by atoms with E-state index in [2.05, 4.69) is 41.9 Å². The van der Waals surface area contributed by atoms with Gasteiger partial charge >= 0.3 is 0 Å². The number of hydrogen-bond donors (Lipinski definition) is 0. The van der Waals surface area contributed by atoms with Gasteiger partial charge in [-0.2, -0.15) is 0 Å². The molecule has 0 fully saturated rings. The smallest absolute Gasteiger partial charge is 0.161 e. The molecule has 0 saturated heterocycles. The third-order valence-corrected chi connectivity index (χ3v) is 3.58. The first-order valence-electron chi connectivity index (χ1n) is 6.13. The largest absolute Gasteiger partial charge is 0.490 e. The molecule has 0 N–H and O–H groups in total. The van der Waals surface area contributed by atoms with Crippen molar-refractivity contribution in [1.29, 1.82) is 0 Å². The van der Waals surface area contributed by atoms with E-state index in [-0.39, 0.29) is 0 Å². The van der Waals surface area contributed by atoms with Crippen LogP contribution in [0, 0.1) is 0 Å². The average molecular weight is 301 g/mol. The van der Waals surface area contributed by atoms with Gasteiger partial charge in [0.2, 0.25) is 0 Å². The second-order valence-electron chi connectivity index (χ2n) is 4.04. The Morgan fingerprint density at radius 2 is 1.65 bits per heavy atom. The molecule has 17 heavy (non-hydrogen) atoms. The predicted octanol–water partition coefficient (Wildman–Crippen LogP) is 4.37. The Balaban J connectivity index is 3.00. The minimum atomic E-state index is 0.440. The summed E-state index contributed by atoms with van der Waals surface area (Å²) in [6, 6.07) is 6.18. The van der Waals surface area contributed by atoms with E-state index in [1.807, 2.05) is 19.9 Å². The molecule has 0 radical (unpaired) electrons. The van der Waals surface area contributed by atoms with E-state index in [1.165, 1.54) is 5.56 Å². The molecule has 0 spiro atoms. The van der Waals surface area contributed by atoms with Gasteiger partial charge in [0.1, 0.15) is 0 Å². The molecule has 0 bridgehead atoms. The summed E-state index contributed by atoms with van der Waals surface area (Å²) < 4.78 is 11.2. The third-order valence-electron chi connectivity index (χ3n) is 2.78. The molecular weight excluding hydrogens is 280 g/mol. The summed E-state index contributed by atoms with van der Waals surface area (Å²) in [5.41, 5.74) is 1.27. The Morgan fingerprint density at radius 3 is 2.18 bits per heavy atom. The maximum Gasteiger partial charge on any atom is 0.161 e. The van der Waals surface area contributed by atoms with Gasteiger partial charge in [-0.15, -0.1) is 0 Å². The molecule has 1 aromatic rings. The lowest BCUT2D eigenvalue weighted by Crippen LogP contribution is -2.06. The topological polar surface area (TPSA) is 18.5 Å². The van der Waals surface area contributed by atoms with Gasteiger partial charge in [-0.05, 0) is 37.5 Å². The maximum absolute atomic E-state index is 5.62. The zero-order valence-electron chi connectivity index (χ0n) is 11.0. The lowest BCUT2D eigenvalue weighted by molar-refractivity contribution is 0.287. The van der Waals surface area contributed by atoms with Crippen molar-refractivity contribution in [2.24, 2.45) is 0 Å². The Morgan fingerprint density at radius 1 is 1.06 bits per heavy atom. The van der Waals surface area contributed by atoms with Gasteiger partial charge < -0.3 is 9.47 Å². The summed E-state index contributed by atoms with van der Waals surface area (Å²) in [7, 11) is 0. The molecule has 2 unspecified atom stereocenters. The quantitative estimate of drug-likeness (QED) is 0.726. The summed E-state index contributed by atoms with van der Waals surface area (Å²) in [6.07, 6.45) is 0. The number of benzene rings is 1. The molecule has 2 nitrogen and oxygen atoms in total. The Hall–Kier alpha value is -0.700. The van der Waals surface area contributed by atoms with E-state index in [9.17, 15) is 0 Å². The summed E-state index contributed by atoms with van der Waals surface area (Å²) in [6.45, 7) is 9.63. The second-order valence-corrected chi connectivity index (χ2v) is 5.48. The van der Waals surface area contributed by atoms with Crippen LogP contribution >= 0.6 is 15.9 Å². The van der Waals surface area contributed by atoms with Crippen molar-refractivity contribution in [3.05, 3.63) is 23.8 Å². The van der Waals surface area contributed by atoms with Crippen molar-refractivity contribution in [3.8, 4) is 11.5 Å². The highest BCUT2D eigenvalue weighted by atomic mass is 79.9. The molecule has 0 amide bonds. The number of rotatable bonds is 6. The average Bonchev–Trinajstić information content (AvgIpc) is 2.31. The molecule has 0 aliphatic carbocycles. The first kappa shape index (κ1) is 14.4. The molecule has 0 aromatic heterocycles. The van der Waals surface area contributed by atoms with E-state index in [4.69, 9.17) is 9.47 Å². The van der Waals surface area contributed by atoms with E-state index < -0.39 is 0 Å². The molecular formula is C14H21BrO2. The molecule has 1 rings (SSSR count). The van der Waals surface area contributed by atoms with Crippen molar-refractivity contribution in [1.82, 2.24) is 0 Å². The predicted molar refractivity (Wildman–Crippen MR) is 75.6 cm³/mol. The fourth-order valence-electron chi connectivity index (χ4n) is 1.62. The van der Waals surface area contributed by atoms with Gasteiger partial charge in [0, 0.05) is 4.83 Å². The highest BCUT2D eigenvalue weighted by Crippen LogP contribution is 2.33. The molecule has 0 aliphatic heterocycles. The zero-order valence-corrected chi connectivity index (χ0v) is 12.6. The van der Waals surface area contributed by atoms with Crippen molar-refractivity contribution in [2.75, 3.05) is 13.2 Å². The van der Waals surface area contributed by atoms with Gasteiger partial charge in [-0.25, -0.2) is 0 Å². The van der Waals surface area contributed by atoms with Crippen molar-refractivity contribution in [3.63, 3.8) is 0 Å². The Kier molecular flexibility index (Phi) is 5.83. The minimum absolute atomic E-state index is 0.440. The first-order valence-corrected chi connectivity index (χ1v) is 7.05. The molecule has 3 heteroatoms. The molecule has 0 heterocycles. The van der Waals surface area contributed by atoms with Crippen LogP contribution in [0.4, 0.5) is 0 Å². The molecule has 2 atom stereocenters. The first-order chi connectivity index (χ1) is 8.10. The normalized spacial score (nSPS) is 14.2. The highest BCUT2D eigenvalue weighted by molar-refractivity contribution is 9.09. The number of hydrogen-bond acceptors (Lipinski definition) is 2. The number of alkyl halides is 1. The van der Waals surface area contributed by atoms with Crippen LogP contribution in [0.1, 0.15) is 39.2 Å². The van der Waals surface area contributed by atoms with E-state index in [0.29, 0.717) is 24.0 Å². The van der Waals surface area contributed by atoms with Crippen LogP contribution in [0.3, 0.4) is 0 Å². The van der Waals surface area contributed by atoms with Crippen molar-refractivity contribution >= 4 is 15.9 Å². The Bertz CT molecular complexity index is 350. The summed E-state index contributed by atoms with van der Waals surface area (Å²) in [4.78, 5) is 0.440. The monoisotopic (exact) mass is 300 g/mol. The highest BCUT2D eigenvalue weighted by Gasteiger charge is 2.14. The summed E-state index contributed by atoms with van der Waals surface area (Å²) in [5.74, 6) is 2.12. The second kappa shape index (κ2) is 6.90.